The zero-order valence-corrected chi connectivity index (χ0v) is 16.4. The molecule has 0 aliphatic rings. The molecule has 4 rings (SSSR count). The van der Waals surface area contributed by atoms with E-state index in [1.165, 1.54) is 11.8 Å². The van der Waals surface area contributed by atoms with Gasteiger partial charge in [-0.1, -0.05) is 35.5 Å². The number of halogens is 1. The number of aromatic amines is 1. The summed E-state index contributed by atoms with van der Waals surface area (Å²) in [5.41, 5.74) is 1.90. The number of carbonyl (C=O) groups is 1. The summed E-state index contributed by atoms with van der Waals surface area (Å²) in [5.74, 6) is 1.08. The zero-order valence-electron chi connectivity index (χ0n) is 14.8. The van der Waals surface area contributed by atoms with Crippen LogP contribution in [-0.2, 0) is 4.79 Å². The van der Waals surface area contributed by atoms with E-state index in [-0.39, 0.29) is 5.91 Å². The molecule has 3 aromatic heterocycles. The van der Waals surface area contributed by atoms with Crippen molar-refractivity contribution in [2.24, 2.45) is 0 Å². The van der Waals surface area contributed by atoms with E-state index in [0.29, 0.717) is 38.8 Å². The highest BCUT2D eigenvalue weighted by Crippen LogP contribution is 2.34. The van der Waals surface area contributed by atoms with Crippen molar-refractivity contribution in [3.63, 3.8) is 0 Å². The van der Waals surface area contributed by atoms with Crippen LogP contribution in [0.15, 0.2) is 75.0 Å². The van der Waals surface area contributed by atoms with Crippen molar-refractivity contribution >= 4 is 35.0 Å². The van der Waals surface area contributed by atoms with E-state index in [2.05, 4.69) is 15.3 Å². The molecule has 1 amide bonds. The number of imidazole rings is 1. The van der Waals surface area contributed by atoms with Crippen LogP contribution < -0.4 is 5.32 Å². The summed E-state index contributed by atoms with van der Waals surface area (Å²) in [6.07, 6.45) is 3.18. The standard InChI is InChI=1S/C20H16ClN3O3S/c1-12(19(25)22-14-7-3-2-6-13(14)21)28-20-23-17(15-8-4-10-26-15)18(24-20)16-9-5-11-27-16/h2-12H,1H3,(H,22,25)(H,23,24). The van der Waals surface area contributed by atoms with Crippen LogP contribution in [0.3, 0.4) is 0 Å². The van der Waals surface area contributed by atoms with Gasteiger partial charge in [-0.05, 0) is 43.3 Å². The molecular weight excluding hydrogens is 398 g/mol. The van der Waals surface area contributed by atoms with Gasteiger partial charge in [0.15, 0.2) is 16.7 Å². The molecule has 8 heteroatoms. The fourth-order valence-corrected chi connectivity index (χ4v) is 3.60. The number of aromatic nitrogens is 2. The number of nitrogens with zero attached hydrogens (tertiary/aromatic N) is 1. The molecule has 3 heterocycles. The minimum atomic E-state index is -0.406. The van der Waals surface area contributed by atoms with Crippen LogP contribution in [0.2, 0.25) is 5.02 Å². The zero-order chi connectivity index (χ0) is 19.5. The first-order valence-corrected chi connectivity index (χ1v) is 9.77. The van der Waals surface area contributed by atoms with Gasteiger partial charge in [-0.2, -0.15) is 0 Å². The number of rotatable bonds is 6. The number of hydrogen-bond donors (Lipinski definition) is 2. The lowest BCUT2D eigenvalue weighted by molar-refractivity contribution is -0.115. The molecule has 0 saturated carbocycles. The minimum absolute atomic E-state index is 0.173. The molecule has 0 fully saturated rings. The second-order valence-corrected chi connectivity index (χ2v) is 7.69. The van der Waals surface area contributed by atoms with Gasteiger partial charge in [0.25, 0.3) is 0 Å². The molecule has 1 unspecified atom stereocenters. The quantitative estimate of drug-likeness (QED) is 0.396. The predicted molar refractivity (Wildman–Crippen MR) is 109 cm³/mol. The van der Waals surface area contributed by atoms with E-state index >= 15 is 0 Å². The summed E-state index contributed by atoms with van der Waals surface area (Å²) in [4.78, 5) is 20.4. The number of benzene rings is 1. The number of H-pyrrole nitrogens is 1. The lowest BCUT2D eigenvalue weighted by Crippen LogP contribution is -2.22. The largest absolute Gasteiger partial charge is 0.463 e. The molecule has 6 nitrogen and oxygen atoms in total. The molecule has 142 valence electrons. The molecule has 0 spiro atoms. The smallest absolute Gasteiger partial charge is 0.237 e. The Morgan fingerprint density at radius 1 is 1.11 bits per heavy atom. The van der Waals surface area contributed by atoms with Gasteiger partial charge in [0.1, 0.15) is 11.4 Å². The average molecular weight is 414 g/mol. The van der Waals surface area contributed by atoms with Crippen LogP contribution in [-0.4, -0.2) is 21.1 Å². The maximum atomic E-state index is 12.5. The van der Waals surface area contributed by atoms with Crippen molar-refractivity contribution in [1.82, 2.24) is 9.97 Å². The van der Waals surface area contributed by atoms with Crippen molar-refractivity contribution < 1.29 is 13.6 Å². The van der Waals surface area contributed by atoms with Crippen LogP contribution in [0, 0.1) is 0 Å². The fourth-order valence-electron chi connectivity index (χ4n) is 2.62. The van der Waals surface area contributed by atoms with Gasteiger partial charge < -0.3 is 19.1 Å². The van der Waals surface area contributed by atoms with Gasteiger partial charge in [-0.3, -0.25) is 4.79 Å². The second kappa shape index (κ2) is 8.00. The number of thioether (sulfide) groups is 1. The Kier molecular flexibility index (Phi) is 5.27. The first kappa shape index (κ1) is 18.5. The van der Waals surface area contributed by atoms with E-state index in [0.717, 1.165) is 0 Å². The molecule has 0 saturated heterocycles. The number of hydrogen-bond acceptors (Lipinski definition) is 5. The highest BCUT2D eigenvalue weighted by Gasteiger charge is 2.22. The summed E-state index contributed by atoms with van der Waals surface area (Å²) in [6, 6.07) is 14.4. The molecule has 2 N–H and O–H groups in total. The van der Waals surface area contributed by atoms with Crippen molar-refractivity contribution in [1.29, 1.82) is 0 Å². The van der Waals surface area contributed by atoms with Crippen molar-refractivity contribution in [2.75, 3.05) is 5.32 Å². The molecule has 28 heavy (non-hydrogen) atoms. The Balaban J connectivity index is 1.55. The van der Waals surface area contributed by atoms with Gasteiger partial charge >= 0.3 is 0 Å². The lowest BCUT2D eigenvalue weighted by Gasteiger charge is -2.11. The SMILES string of the molecule is CC(Sc1nc(-c2ccco2)c(-c2ccco2)[nH]1)C(=O)Nc1ccccc1Cl. The Labute approximate surface area is 170 Å². The summed E-state index contributed by atoms with van der Waals surface area (Å²) < 4.78 is 11.0. The lowest BCUT2D eigenvalue weighted by atomic mass is 10.2. The van der Waals surface area contributed by atoms with Crippen LogP contribution in [0.5, 0.6) is 0 Å². The summed E-state index contributed by atoms with van der Waals surface area (Å²) in [5, 5.41) is 3.51. The number of nitrogens with one attached hydrogen (secondary N) is 2. The third-order valence-corrected chi connectivity index (χ3v) is 5.31. The Morgan fingerprint density at radius 3 is 2.50 bits per heavy atom. The van der Waals surface area contributed by atoms with Crippen LogP contribution in [0.1, 0.15) is 6.92 Å². The maximum absolute atomic E-state index is 12.5. The summed E-state index contributed by atoms with van der Waals surface area (Å²) >= 11 is 7.41. The average Bonchev–Trinajstić information content (AvgIpc) is 3.44. The molecule has 1 atom stereocenters. The third-order valence-electron chi connectivity index (χ3n) is 3.99. The third kappa shape index (κ3) is 3.85. The molecule has 0 bridgehead atoms. The highest BCUT2D eigenvalue weighted by molar-refractivity contribution is 8.00. The van der Waals surface area contributed by atoms with Gasteiger partial charge in [0.05, 0.1) is 28.5 Å². The molecule has 0 aliphatic carbocycles. The number of amides is 1. The number of para-hydroxylation sites is 1. The van der Waals surface area contributed by atoms with Crippen molar-refractivity contribution in [2.45, 2.75) is 17.3 Å². The van der Waals surface area contributed by atoms with Crippen LogP contribution in [0.25, 0.3) is 22.9 Å². The van der Waals surface area contributed by atoms with Gasteiger partial charge in [0.2, 0.25) is 5.91 Å². The summed E-state index contributed by atoms with van der Waals surface area (Å²) in [6.45, 7) is 1.80. The van der Waals surface area contributed by atoms with Crippen molar-refractivity contribution in [3.05, 3.63) is 66.1 Å². The predicted octanol–water partition coefficient (Wildman–Crippen LogP) is 5.70. The van der Waals surface area contributed by atoms with E-state index < -0.39 is 5.25 Å². The normalized spacial score (nSPS) is 12.1. The number of furan rings is 2. The number of anilines is 1. The first-order valence-electron chi connectivity index (χ1n) is 8.51. The monoisotopic (exact) mass is 413 g/mol. The molecule has 0 radical (unpaired) electrons. The number of carbonyl (C=O) groups excluding carboxylic acids is 1. The fraction of sp³-hybridized carbons (Fsp3) is 0.100. The maximum Gasteiger partial charge on any atom is 0.237 e. The van der Waals surface area contributed by atoms with Gasteiger partial charge in [0, 0.05) is 0 Å². The molecule has 0 aliphatic heterocycles. The van der Waals surface area contributed by atoms with Crippen molar-refractivity contribution in [3.8, 4) is 22.9 Å². The van der Waals surface area contributed by atoms with Crippen LogP contribution in [0.4, 0.5) is 5.69 Å². The first-order chi connectivity index (χ1) is 13.6. The second-order valence-electron chi connectivity index (χ2n) is 5.95. The van der Waals surface area contributed by atoms with E-state index in [9.17, 15) is 4.79 Å². The Morgan fingerprint density at radius 2 is 1.82 bits per heavy atom. The molecular formula is C20H16ClN3O3S. The van der Waals surface area contributed by atoms with E-state index in [1.807, 2.05) is 24.3 Å². The van der Waals surface area contributed by atoms with E-state index in [4.69, 9.17) is 20.4 Å². The van der Waals surface area contributed by atoms with Gasteiger partial charge in [-0.15, -0.1) is 0 Å². The summed E-state index contributed by atoms with van der Waals surface area (Å²) in [7, 11) is 0. The highest BCUT2D eigenvalue weighted by atomic mass is 35.5. The molecule has 4 aromatic rings. The van der Waals surface area contributed by atoms with E-state index in [1.54, 1.807) is 43.7 Å². The van der Waals surface area contributed by atoms with Gasteiger partial charge in [-0.25, -0.2) is 4.98 Å². The van der Waals surface area contributed by atoms with Crippen LogP contribution >= 0.6 is 23.4 Å². The Hall–Kier alpha value is -2.90. The molecule has 1 aromatic carbocycles. The Bertz CT molecular complexity index is 1020. The topological polar surface area (TPSA) is 84.1 Å². The minimum Gasteiger partial charge on any atom is -0.463 e.